The van der Waals surface area contributed by atoms with Crippen molar-refractivity contribution < 1.29 is 19.0 Å². The van der Waals surface area contributed by atoms with Gasteiger partial charge in [-0.1, -0.05) is 6.92 Å². The van der Waals surface area contributed by atoms with E-state index < -0.39 is 0 Å². The standard InChI is InChI=1S/C12H22O4/c1-3-7-15-8-9-16-12(5-4-6-12)10-11(13)14-2/h3-10H2,1-2H3. The van der Waals surface area contributed by atoms with Gasteiger partial charge in [0.05, 0.1) is 32.3 Å². The van der Waals surface area contributed by atoms with Gasteiger partial charge in [-0.25, -0.2) is 0 Å². The molecule has 0 saturated heterocycles. The number of carbonyl (C=O) groups is 1. The first kappa shape index (κ1) is 13.5. The molecule has 1 fully saturated rings. The van der Waals surface area contributed by atoms with Crippen LogP contribution in [0, 0.1) is 0 Å². The van der Waals surface area contributed by atoms with Crippen LogP contribution >= 0.6 is 0 Å². The zero-order chi connectivity index (χ0) is 11.9. The van der Waals surface area contributed by atoms with Gasteiger partial charge in [0.1, 0.15) is 0 Å². The zero-order valence-corrected chi connectivity index (χ0v) is 10.3. The van der Waals surface area contributed by atoms with E-state index in [2.05, 4.69) is 11.7 Å². The van der Waals surface area contributed by atoms with Crippen molar-refractivity contribution in [3.63, 3.8) is 0 Å². The summed E-state index contributed by atoms with van der Waals surface area (Å²) >= 11 is 0. The molecule has 0 bridgehead atoms. The van der Waals surface area contributed by atoms with E-state index >= 15 is 0 Å². The van der Waals surface area contributed by atoms with Crippen molar-refractivity contribution in [2.24, 2.45) is 0 Å². The number of ether oxygens (including phenoxy) is 3. The van der Waals surface area contributed by atoms with Crippen LogP contribution in [0.3, 0.4) is 0 Å². The Hall–Kier alpha value is -0.610. The maximum atomic E-state index is 11.2. The van der Waals surface area contributed by atoms with E-state index in [0.29, 0.717) is 19.6 Å². The van der Waals surface area contributed by atoms with Crippen LogP contribution in [0.25, 0.3) is 0 Å². The summed E-state index contributed by atoms with van der Waals surface area (Å²) in [4.78, 5) is 11.2. The summed E-state index contributed by atoms with van der Waals surface area (Å²) in [7, 11) is 1.42. The number of hydrogen-bond donors (Lipinski definition) is 0. The van der Waals surface area contributed by atoms with Gasteiger partial charge in [-0.05, 0) is 25.7 Å². The minimum atomic E-state index is -0.261. The molecule has 0 aromatic carbocycles. The summed E-state index contributed by atoms with van der Waals surface area (Å²) in [5, 5.41) is 0. The van der Waals surface area contributed by atoms with Crippen LogP contribution in [0.5, 0.6) is 0 Å². The molecule has 1 saturated carbocycles. The molecular weight excluding hydrogens is 208 g/mol. The van der Waals surface area contributed by atoms with Gasteiger partial charge in [-0.15, -0.1) is 0 Å². The molecular formula is C12H22O4. The first-order chi connectivity index (χ1) is 7.72. The van der Waals surface area contributed by atoms with E-state index in [1.807, 2.05) is 0 Å². The molecule has 0 N–H and O–H groups in total. The number of rotatable bonds is 8. The Labute approximate surface area is 97.2 Å². The van der Waals surface area contributed by atoms with Crippen molar-refractivity contribution >= 4 is 5.97 Å². The monoisotopic (exact) mass is 230 g/mol. The average Bonchev–Trinajstić information content (AvgIpc) is 2.24. The molecule has 16 heavy (non-hydrogen) atoms. The van der Waals surface area contributed by atoms with Crippen LogP contribution in [0.4, 0.5) is 0 Å². The maximum absolute atomic E-state index is 11.2. The van der Waals surface area contributed by atoms with Crippen molar-refractivity contribution in [1.29, 1.82) is 0 Å². The minimum Gasteiger partial charge on any atom is -0.469 e. The van der Waals surface area contributed by atoms with Gasteiger partial charge in [-0.3, -0.25) is 4.79 Å². The van der Waals surface area contributed by atoms with Gasteiger partial charge in [0, 0.05) is 6.61 Å². The molecule has 0 aliphatic heterocycles. The van der Waals surface area contributed by atoms with Gasteiger partial charge in [0.25, 0.3) is 0 Å². The van der Waals surface area contributed by atoms with Crippen LogP contribution in [-0.2, 0) is 19.0 Å². The third-order valence-corrected chi connectivity index (χ3v) is 2.94. The highest BCUT2D eigenvalue weighted by molar-refractivity contribution is 5.70. The zero-order valence-electron chi connectivity index (χ0n) is 10.3. The second kappa shape index (κ2) is 6.86. The topological polar surface area (TPSA) is 44.8 Å². The SMILES string of the molecule is CCCOCCOC1(CC(=O)OC)CCC1. The Morgan fingerprint density at radius 2 is 2.00 bits per heavy atom. The Balaban J connectivity index is 2.17. The van der Waals surface area contributed by atoms with E-state index in [1.54, 1.807) is 0 Å². The summed E-state index contributed by atoms with van der Waals surface area (Å²) in [6, 6.07) is 0. The Morgan fingerprint density at radius 1 is 1.25 bits per heavy atom. The fourth-order valence-corrected chi connectivity index (χ4v) is 1.84. The molecule has 0 amide bonds. The molecule has 0 aromatic rings. The number of hydrogen-bond acceptors (Lipinski definition) is 4. The lowest BCUT2D eigenvalue weighted by Gasteiger charge is -2.40. The molecule has 0 heterocycles. The van der Waals surface area contributed by atoms with E-state index in [9.17, 15) is 4.79 Å². The highest BCUT2D eigenvalue weighted by atomic mass is 16.5. The fourth-order valence-electron chi connectivity index (χ4n) is 1.84. The number of methoxy groups -OCH3 is 1. The van der Waals surface area contributed by atoms with E-state index in [0.717, 1.165) is 32.3 Å². The van der Waals surface area contributed by atoms with E-state index in [1.165, 1.54) is 7.11 Å². The van der Waals surface area contributed by atoms with Crippen molar-refractivity contribution in [2.75, 3.05) is 26.9 Å². The highest BCUT2D eigenvalue weighted by Crippen LogP contribution is 2.38. The lowest BCUT2D eigenvalue weighted by Crippen LogP contribution is -2.43. The largest absolute Gasteiger partial charge is 0.469 e. The second-order valence-electron chi connectivity index (χ2n) is 4.25. The minimum absolute atomic E-state index is 0.186. The van der Waals surface area contributed by atoms with E-state index in [-0.39, 0.29) is 11.6 Å². The summed E-state index contributed by atoms with van der Waals surface area (Å²) in [6.07, 6.45) is 4.43. The molecule has 0 radical (unpaired) electrons. The Morgan fingerprint density at radius 3 is 2.50 bits per heavy atom. The third-order valence-electron chi connectivity index (χ3n) is 2.94. The Kier molecular flexibility index (Phi) is 5.77. The van der Waals surface area contributed by atoms with Gasteiger partial charge >= 0.3 is 5.97 Å². The third kappa shape index (κ3) is 4.10. The normalized spacial score (nSPS) is 17.9. The molecule has 1 aliphatic rings. The molecule has 0 aromatic heterocycles. The number of esters is 1. The molecule has 1 aliphatic carbocycles. The molecule has 94 valence electrons. The van der Waals surface area contributed by atoms with Crippen LogP contribution in [0.2, 0.25) is 0 Å². The molecule has 4 heteroatoms. The second-order valence-corrected chi connectivity index (χ2v) is 4.25. The summed E-state index contributed by atoms with van der Waals surface area (Å²) in [6.45, 7) is 4.02. The first-order valence-electron chi connectivity index (χ1n) is 6.01. The van der Waals surface area contributed by atoms with E-state index in [4.69, 9.17) is 9.47 Å². The molecule has 0 spiro atoms. The summed E-state index contributed by atoms with van der Waals surface area (Å²) in [5.41, 5.74) is -0.261. The smallest absolute Gasteiger partial charge is 0.308 e. The molecule has 0 atom stereocenters. The van der Waals surface area contributed by atoms with Gasteiger partial charge in [0.2, 0.25) is 0 Å². The van der Waals surface area contributed by atoms with Crippen LogP contribution in [0.1, 0.15) is 39.0 Å². The highest BCUT2D eigenvalue weighted by Gasteiger charge is 2.40. The lowest BCUT2D eigenvalue weighted by molar-refractivity contribution is -0.160. The lowest BCUT2D eigenvalue weighted by atomic mass is 9.77. The van der Waals surface area contributed by atoms with Crippen molar-refractivity contribution in [1.82, 2.24) is 0 Å². The molecule has 1 rings (SSSR count). The first-order valence-corrected chi connectivity index (χ1v) is 6.01. The van der Waals surface area contributed by atoms with Gasteiger partial charge < -0.3 is 14.2 Å². The average molecular weight is 230 g/mol. The van der Waals surface area contributed by atoms with Gasteiger partial charge in [0.15, 0.2) is 0 Å². The fraction of sp³-hybridized carbons (Fsp3) is 0.917. The summed E-state index contributed by atoms with van der Waals surface area (Å²) in [5.74, 6) is -0.186. The number of carbonyl (C=O) groups excluding carboxylic acids is 1. The quantitative estimate of drug-likeness (QED) is 0.472. The van der Waals surface area contributed by atoms with Crippen LogP contribution in [0.15, 0.2) is 0 Å². The van der Waals surface area contributed by atoms with Crippen molar-refractivity contribution in [3.05, 3.63) is 0 Å². The Bertz CT molecular complexity index is 211. The van der Waals surface area contributed by atoms with Crippen LogP contribution in [-0.4, -0.2) is 38.5 Å². The van der Waals surface area contributed by atoms with Gasteiger partial charge in [-0.2, -0.15) is 0 Å². The predicted molar refractivity (Wildman–Crippen MR) is 60.3 cm³/mol. The van der Waals surface area contributed by atoms with Crippen molar-refractivity contribution in [3.8, 4) is 0 Å². The molecule has 4 nitrogen and oxygen atoms in total. The van der Waals surface area contributed by atoms with Crippen molar-refractivity contribution in [2.45, 2.75) is 44.6 Å². The maximum Gasteiger partial charge on any atom is 0.308 e. The summed E-state index contributed by atoms with van der Waals surface area (Å²) < 4.78 is 15.8. The van der Waals surface area contributed by atoms with Crippen LogP contribution < -0.4 is 0 Å². The predicted octanol–water partition coefficient (Wildman–Crippen LogP) is 1.92. The molecule has 0 unspecified atom stereocenters.